The summed E-state index contributed by atoms with van der Waals surface area (Å²) in [6.45, 7) is 22.4. The van der Waals surface area contributed by atoms with Gasteiger partial charge in [0.15, 0.2) is 0 Å². The molecule has 2 bridgehead atoms. The highest BCUT2D eigenvalue weighted by Gasteiger charge is 2.43. The molecule has 3 aliphatic rings. The molecule has 0 aliphatic heterocycles. The third-order valence-corrected chi connectivity index (χ3v) is 14.8. The van der Waals surface area contributed by atoms with Crippen LogP contribution in [0.1, 0.15) is 149 Å². The maximum absolute atomic E-state index is 12.6. The highest BCUT2D eigenvalue weighted by Crippen LogP contribution is 2.59. The SMILES string of the molecule is CC(C)c1ccc(-n2c(-c3cc(C(C)(C)C)cc(C(C)(C)C)c3O)nc3c(-c4cc(-c5cc(-c6ccccc6)ccn5)c5c(c4)C4c6ccccc6C5c5ccccc54)cccc32)c(C(C)C)c1. The molecule has 1 N–H and O–H groups in total. The van der Waals surface area contributed by atoms with E-state index in [9.17, 15) is 5.11 Å². The molecule has 2 aromatic heterocycles. The summed E-state index contributed by atoms with van der Waals surface area (Å²) in [5.41, 5.74) is 22.5. The second-order valence-electron chi connectivity index (χ2n) is 21.9. The van der Waals surface area contributed by atoms with Gasteiger partial charge in [-0.2, -0.15) is 0 Å². The Kier molecular flexibility index (Phi) is 10.3. The summed E-state index contributed by atoms with van der Waals surface area (Å²) in [6.07, 6.45) is 1.97. The van der Waals surface area contributed by atoms with Crippen molar-refractivity contribution in [2.75, 3.05) is 0 Å². The largest absolute Gasteiger partial charge is 0.507 e. The zero-order valence-electron chi connectivity index (χ0n) is 41.1. The quantitative estimate of drug-likeness (QED) is 0.173. The average molecular weight is 888 g/mol. The topological polar surface area (TPSA) is 50.9 Å². The van der Waals surface area contributed by atoms with E-state index < -0.39 is 0 Å². The van der Waals surface area contributed by atoms with E-state index in [1.54, 1.807) is 0 Å². The van der Waals surface area contributed by atoms with Crippen LogP contribution in [0.4, 0.5) is 0 Å². The summed E-state index contributed by atoms with van der Waals surface area (Å²) in [5, 5.41) is 12.6. The highest BCUT2D eigenvalue weighted by molar-refractivity contribution is 5.98. The van der Waals surface area contributed by atoms with Crippen LogP contribution in [0.2, 0.25) is 0 Å². The first-order valence-electron chi connectivity index (χ1n) is 24.5. The van der Waals surface area contributed by atoms with Crippen molar-refractivity contribution in [2.24, 2.45) is 0 Å². The Bertz CT molecular complexity index is 3400. The number of phenols is 1. The molecule has 338 valence electrons. The fourth-order valence-corrected chi connectivity index (χ4v) is 11.2. The second-order valence-corrected chi connectivity index (χ2v) is 21.9. The maximum Gasteiger partial charge on any atom is 0.149 e. The number of pyridine rings is 1. The van der Waals surface area contributed by atoms with Crippen molar-refractivity contribution >= 4 is 11.0 Å². The molecule has 9 aromatic rings. The van der Waals surface area contributed by atoms with Crippen LogP contribution < -0.4 is 0 Å². The smallest absolute Gasteiger partial charge is 0.149 e. The van der Waals surface area contributed by atoms with Crippen LogP contribution in [-0.2, 0) is 10.8 Å². The minimum Gasteiger partial charge on any atom is -0.507 e. The molecule has 68 heavy (non-hydrogen) atoms. The number of phenolic OH excluding ortho intramolecular Hbond substituents is 1. The molecule has 0 unspecified atom stereocenters. The van der Waals surface area contributed by atoms with Crippen molar-refractivity contribution in [1.29, 1.82) is 0 Å². The van der Waals surface area contributed by atoms with Gasteiger partial charge >= 0.3 is 0 Å². The zero-order valence-corrected chi connectivity index (χ0v) is 41.1. The molecule has 0 radical (unpaired) electrons. The van der Waals surface area contributed by atoms with E-state index in [2.05, 4.69) is 225 Å². The van der Waals surface area contributed by atoms with Gasteiger partial charge in [-0.05, 0) is 132 Å². The second kappa shape index (κ2) is 16.0. The van der Waals surface area contributed by atoms with Gasteiger partial charge in [-0.15, -0.1) is 0 Å². The summed E-state index contributed by atoms with van der Waals surface area (Å²) >= 11 is 0. The molecule has 0 fully saturated rings. The minimum absolute atomic E-state index is 0.0618. The summed E-state index contributed by atoms with van der Waals surface area (Å²) in [6, 6.07) is 56.0. The zero-order chi connectivity index (χ0) is 47.4. The van der Waals surface area contributed by atoms with Crippen molar-refractivity contribution in [2.45, 2.75) is 104 Å². The lowest BCUT2D eigenvalue weighted by Crippen LogP contribution is -2.28. The van der Waals surface area contributed by atoms with Gasteiger partial charge in [0, 0.05) is 34.7 Å². The number of hydrogen-bond acceptors (Lipinski definition) is 3. The third kappa shape index (κ3) is 7.02. The Hall–Kier alpha value is -7.04. The van der Waals surface area contributed by atoms with E-state index in [1.807, 2.05) is 6.20 Å². The van der Waals surface area contributed by atoms with Crippen molar-refractivity contribution in [3.63, 3.8) is 0 Å². The van der Waals surface area contributed by atoms with E-state index in [0.29, 0.717) is 5.92 Å². The Morgan fingerprint density at radius 2 is 1.19 bits per heavy atom. The van der Waals surface area contributed by atoms with Crippen LogP contribution in [-0.4, -0.2) is 19.6 Å². The van der Waals surface area contributed by atoms with E-state index in [0.717, 1.165) is 72.7 Å². The lowest BCUT2D eigenvalue weighted by molar-refractivity contribution is 0.446. The number of rotatable bonds is 7. The van der Waals surface area contributed by atoms with Gasteiger partial charge in [0.2, 0.25) is 0 Å². The van der Waals surface area contributed by atoms with Gasteiger partial charge in [0.05, 0.1) is 28.0 Å². The van der Waals surface area contributed by atoms with Gasteiger partial charge in [-0.3, -0.25) is 9.55 Å². The standard InChI is InChI=1S/C64H61N3O/c1-37(2)40-27-28-55(49(31-40)38(3)4)67-56-26-18-25-44(60(56)66-62(67)52-35-43(63(5,6)7)36-53(61(52)68)64(8,9)10)42-32-50(54-34-41(29-30-65-54)39-19-12-11-13-20-39)59-51(33-42)57-45-21-14-16-23-47(45)58(59)48-24-17-15-22-46(48)57/h11-38,57-58,68H,1-10H3. The normalized spacial score (nSPS) is 15.2. The molecule has 4 heteroatoms. The first-order chi connectivity index (χ1) is 32.6. The molecule has 0 saturated heterocycles. The molecular weight excluding hydrogens is 827 g/mol. The Balaban J connectivity index is 1.23. The van der Waals surface area contributed by atoms with Crippen LogP contribution in [0.5, 0.6) is 5.75 Å². The fourth-order valence-electron chi connectivity index (χ4n) is 11.2. The van der Waals surface area contributed by atoms with Gasteiger partial charge in [-0.25, -0.2) is 4.98 Å². The van der Waals surface area contributed by atoms with Crippen LogP contribution in [0.3, 0.4) is 0 Å². The van der Waals surface area contributed by atoms with E-state index in [1.165, 1.54) is 44.5 Å². The minimum atomic E-state index is -0.313. The predicted octanol–water partition coefficient (Wildman–Crippen LogP) is 16.6. The number of aromatic nitrogens is 3. The van der Waals surface area contributed by atoms with Crippen LogP contribution in [0.15, 0.2) is 158 Å². The van der Waals surface area contributed by atoms with Crippen LogP contribution in [0, 0.1) is 0 Å². The fraction of sp³-hybridized carbons (Fsp3) is 0.250. The number of para-hydroxylation sites is 1. The molecule has 4 nitrogen and oxygen atoms in total. The summed E-state index contributed by atoms with van der Waals surface area (Å²) < 4.78 is 2.34. The molecule has 0 amide bonds. The van der Waals surface area contributed by atoms with Gasteiger partial charge < -0.3 is 5.11 Å². The van der Waals surface area contributed by atoms with Crippen molar-refractivity contribution in [3.8, 4) is 56.3 Å². The molecular formula is C64H61N3O. The number of nitrogens with zero attached hydrogens (tertiary/aromatic N) is 3. The number of hydrogen-bond donors (Lipinski definition) is 1. The molecule has 0 saturated carbocycles. The molecule has 7 aromatic carbocycles. The lowest BCUT2D eigenvalue weighted by Gasteiger charge is -2.43. The molecule has 0 atom stereocenters. The molecule has 12 rings (SSSR count). The van der Waals surface area contributed by atoms with E-state index in [4.69, 9.17) is 9.97 Å². The summed E-state index contributed by atoms with van der Waals surface area (Å²) in [4.78, 5) is 11.0. The lowest BCUT2D eigenvalue weighted by atomic mass is 9.59. The first kappa shape index (κ1) is 43.5. The number of benzene rings is 7. The Morgan fingerprint density at radius 3 is 1.82 bits per heavy atom. The highest BCUT2D eigenvalue weighted by atomic mass is 16.3. The van der Waals surface area contributed by atoms with E-state index in [-0.39, 0.29) is 34.3 Å². The summed E-state index contributed by atoms with van der Waals surface area (Å²) in [7, 11) is 0. The predicted molar refractivity (Wildman–Crippen MR) is 283 cm³/mol. The van der Waals surface area contributed by atoms with Crippen molar-refractivity contribution in [3.05, 3.63) is 213 Å². The van der Waals surface area contributed by atoms with Crippen LogP contribution in [0.25, 0.3) is 61.6 Å². The number of aromatic hydroxyl groups is 1. The molecule has 3 aliphatic carbocycles. The first-order valence-corrected chi connectivity index (χ1v) is 24.5. The van der Waals surface area contributed by atoms with Crippen LogP contribution >= 0.6 is 0 Å². The third-order valence-electron chi connectivity index (χ3n) is 14.8. The monoisotopic (exact) mass is 887 g/mol. The summed E-state index contributed by atoms with van der Waals surface area (Å²) in [5.74, 6) is 1.75. The van der Waals surface area contributed by atoms with Gasteiger partial charge in [0.25, 0.3) is 0 Å². The van der Waals surface area contributed by atoms with Crippen molar-refractivity contribution in [1.82, 2.24) is 14.5 Å². The number of imidazole rings is 1. The van der Waals surface area contributed by atoms with Gasteiger partial charge in [0.1, 0.15) is 11.6 Å². The Morgan fingerprint density at radius 1 is 0.529 bits per heavy atom. The molecule has 2 heterocycles. The Labute approximate surface area is 402 Å². The van der Waals surface area contributed by atoms with Crippen molar-refractivity contribution < 1.29 is 5.11 Å². The number of fused-ring (bicyclic) bond motifs is 1. The van der Waals surface area contributed by atoms with E-state index >= 15 is 0 Å². The maximum atomic E-state index is 12.6. The van der Waals surface area contributed by atoms with Gasteiger partial charge in [-0.1, -0.05) is 178 Å². The average Bonchev–Trinajstić information content (AvgIpc) is 3.72. The molecule has 0 spiro atoms.